The van der Waals surface area contributed by atoms with Crippen LogP contribution in [0.5, 0.6) is 0 Å². The van der Waals surface area contributed by atoms with Gasteiger partial charge >= 0.3 is 12.1 Å². The highest BCUT2D eigenvalue weighted by Gasteiger charge is 2.14. The van der Waals surface area contributed by atoms with E-state index >= 15 is 0 Å². The van der Waals surface area contributed by atoms with Crippen molar-refractivity contribution in [3.63, 3.8) is 0 Å². The smallest absolute Gasteiger partial charge is 0.412 e. The maximum absolute atomic E-state index is 10.9. The van der Waals surface area contributed by atoms with E-state index in [2.05, 4.69) is 20.3 Å². The number of aromatic nitrogens is 2. The Kier molecular flexibility index (Phi) is 3.05. The maximum atomic E-state index is 10.9. The van der Waals surface area contributed by atoms with Gasteiger partial charge in [0.1, 0.15) is 11.4 Å². The van der Waals surface area contributed by atoms with Gasteiger partial charge in [-0.3, -0.25) is 10.4 Å². The molecular formula is C7H9N3O4. The zero-order chi connectivity index (χ0) is 10.6. The van der Waals surface area contributed by atoms with E-state index in [1.807, 2.05) is 0 Å². The summed E-state index contributed by atoms with van der Waals surface area (Å²) in [4.78, 5) is 21.5. The van der Waals surface area contributed by atoms with Crippen LogP contribution in [0.1, 0.15) is 17.3 Å². The summed E-state index contributed by atoms with van der Waals surface area (Å²) in [5.74, 6) is -1.17. The molecule has 7 heteroatoms. The van der Waals surface area contributed by atoms with Crippen LogP contribution < -0.4 is 5.32 Å². The highest BCUT2D eigenvalue weighted by atomic mass is 16.5. The molecule has 0 aliphatic rings. The molecule has 0 saturated heterocycles. The van der Waals surface area contributed by atoms with Crippen LogP contribution in [0.2, 0.25) is 0 Å². The predicted octanol–water partition coefficient (Wildman–Crippen LogP) is 0.676. The molecule has 0 aliphatic heterocycles. The fraction of sp³-hybridized carbons (Fsp3) is 0.286. The number of ether oxygens (including phenoxy) is 1. The minimum Gasteiger partial charge on any atom is -0.477 e. The summed E-state index contributed by atoms with van der Waals surface area (Å²) in [5.41, 5.74) is -0.113. The molecule has 0 atom stereocenters. The molecule has 0 unspecified atom stereocenters. The van der Waals surface area contributed by atoms with Crippen LogP contribution in [0, 0.1) is 0 Å². The van der Waals surface area contributed by atoms with Gasteiger partial charge in [-0.2, -0.15) is 5.10 Å². The number of nitrogens with one attached hydrogen (secondary N) is 2. The molecular weight excluding hydrogens is 190 g/mol. The van der Waals surface area contributed by atoms with E-state index in [9.17, 15) is 9.59 Å². The number of carbonyl (C=O) groups is 2. The van der Waals surface area contributed by atoms with Crippen molar-refractivity contribution in [3.8, 4) is 0 Å². The summed E-state index contributed by atoms with van der Waals surface area (Å²) in [6, 6.07) is 0. The number of H-pyrrole nitrogens is 1. The van der Waals surface area contributed by atoms with Crippen molar-refractivity contribution in [2.75, 3.05) is 11.9 Å². The highest BCUT2D eigenvalue weighted by molar-refractivity contribution is 5.97. The Bertz CT molecular complexity index is 346. The number of hydrogen-bond acceptors (Lipinski definition) is 4. The van der Waals surface area contributed by atoms with Crippen molar-refractivity contribution in [1.82, 2.24) is 10.2 Å². The quantitative estimate of drug-likeness (QED) is 0.663. The molecule has 0 aliphatic carbocycles. The van der Waals surface area contributed by atoms with Gasteiger partial charge < -0.3 is 9.84 Å². The van der Waals surface area contributed by atoms with E-state index in [1.165, 1.54) is 0 Å². The summed E-state index contributed by atoms with van der Waals surface area (Å²) in [5, 5.41) is 16.7. The van der Waals surface area contributed by atoms with E-state index in [1.54, 1.807) is 6.92 Å². The molecule has 0 bridgehead atoms. The van der Waals surface area contributed by atoms with Gasteiger partial charge in [0.05, 0.1) is 12.8 Å². The number of amides is 1. The first-order chi connectivity index (χ1) is 6.65. The van der Waals surface area contributed by atoms with Crippen molar-refractivity contribution in [3.05, 3.63) is 11.8 Å². The lowest BCUT2D eigenvalue weighted by atomic mass is 10.3. The van der Waals surface area contributed by atoms with Crippen LogP contribution in [-0.4, -0.2) is 34.0 Å². The van der Waals surface area contributed by atoms with Crippen LogP contribution >= 0.6 is 0 Å². The van der Waals surface area contributed by atoms with Gasteiger partial charge in [0.15, 0.2) is 0 Å². The van der Waals surface area contributed by atoms with Crippen molar-refractivity contribution >= 4 is 17.9 Å². The third-order valence-electron chi connectivity index (χ3n) is 1.37. The number of nitrogens with zero attached hydrogens (tertiary/aromatic N) is 1. The van der Waals surface area contributed by atoms with Crippen molar-refractivity contribution in [2.24, 2.45) is 0 Å². The lowest BCUT2D eigenvalue weighted by Gasteiger charge is -2.02. The van der Waals surface area contributed by atoms with Crippen molar-refractivity contribution in [1.29, 1.82) is 0 Å². The van der Waals surface area contributed by atoms with Crippen LogP contribution in [0.4, 0.5) is 10.6 Å². The standard InChI is InChI=1S/C7H9N3O4/c1-2-14-7(13)9-5-4(6(11)12)3-8-10-5/h3H,2H2,1H3,(H,11,12)(H2,8,9,10,13). The monoisotopic (exact) mass is 199 g/mol. The van der Waals surface area contributed by atoms with Gasteiger partial charge in [-0.25, -0.2) is 9.59 Å². The molecule has 1 aromatic heterocycles. The summed E-state index contributed by atoms with van der Waals surface area (Å²) in [6.45, 7) is 1.85. The second-order valence-corrected chi connectivity index (χ2v) is 2.31. The third kappa shape index (κ3) is 2.22. The fourth-order valence-electron chi connectivity index (χ4n) is 0.813. The number of carboxylic acids is 1. The van der Waals surface area contributed by atoms with Crippen LogP contribution in [-0.2, 0) is 4.74 Å². The Balaban J connectivity index is 2.71. The third-order valence-corrected chi connectivity index (χ3v) is 1.37. The van der Waals surface area contributed by atoms with Gasteiger partial charge in [-0.05, 0) is 6.92 Å². The molecule has 0 fully saturated rings. The minimum absolute atomic E-state index is 0.0101. The van der Waals surface area contributed by atoms with E-state index < -0.39 is 12.1 Å². The van der Waals surface area contributed by atoms with Crippen LogP contribution in [0.3, 0.4) is 0 Å². The molecule has 1 aromatic rings. The van der Waals surface area contributed by atoms with Gasteiger partial charge in [-0.15, -0.1) is 0 Å². The topological polar surface area (TPSA) is 104 Å². The predicted molar refractivity (Wildman–Crippen MR) is 46.2 cm³/mol. The molecule has 0 radical (unpaired) electrons. The van der Waals surface area contributed by atoms with Crippen molar-refractivity contribution < 1.29 is 19.4 Å². The van der Waals surface area contributed by atoms with E-state index in [0.29, 0.717) is 0 Å². The molecule has 0 aromatic carbocycles. The Labute approximate surface area is 79.1 Å². The lowest BCUT2D eigenvalue weighted by molar-refractivity contribution is 0.0698. The van der Waals surface area contributed by atoms with Crippen molar-refractivity contribution in [2.45, 2.75) is 6.92 Å². The number of carboxylic acid groups (broad SMARTS) is 1. The summed E-state index contributed by atoms with van der Waals surface area (Å²) in [6.07, 6.45) is 0.378. The van der Waals surface area contributed by atoms with Gasteiger partial charge in [0, 0.05) is 0 Å². The van der Waals surface area contributed by atoms with Gasteiger partial charge in [0.2, 0.25) is 0 Å². The average Bonchev–Trinajstić information content (AvgIpc) is 2.52. The minimum atomic E-state index is -1.18. The van der Waals surface area contributed by atoms with Gasteiger partial charge in [0.25, 0.3) is 0 Å². The first-order valence-corrected chi connectivity index (χ1v) is 3.85. The Morgan fingerprint density at radius 1 is 1.71 bits per heavy atom. The second-order valence-electron chi connectivity index (χ2n) is 2.31. The van der Waals surface area contributed by atoms with Gasteiger partial charge in [-0.1, -0.05) is 0 Å². The van der Waals surface area contributed by atoms with Crippen LogP contribution in [0.15, 0.2) is 6.20 Å². The van der Waals surface area contributed by atoms with E-state index in [0.717, 1.165) is 6.20 Å². The molecule has 0 spiro atoms. The Morgan fingerprint density at radius 2 is 2.43 bits per heavy atom. The SMILES string of the molecule is CCOC(=O)Nc1[nH]ncc1C(=O)O. The zero-order valence-electron chi connectivity index (χ0n) is 7.40. The molecule has 7 nitrogen and oxygen atoms in total. The van der Waals surface area contributed by atoms with Crippen LogP contribution in [0.25, 0.3) is 0 Å². The largest absolute Gasteiger partial charge is 0.477 e. The highest BCUT2D eigenvalue weighted by Crippen LogP contribution is 2.10. The summed E-state index contributed by atoms with van der Waals surface area (Å²) < 4.78 is 4.56. The normalized spacial score (nSPS) is 9.50. The molecule has 0 saturated carbocycles. The first-order valence-electron chi connectivity index (χ1n) is 3.85. The number of carbonyl (C=O) groups excluding carboxylic acids is 1. The molecule has 1 heterocycles. The number of anilines is 1. The number of hydrogen-bond donors (Lipinski definition) is 3. The molecule has 14 heavy (non-hydrogen) atoms. The number of rotatable bonds is 3. The first kappa shape index (κ1) is 10.0. The molecule has 1 amide bonds. The number of aromatic carboxylic acids is 1. The Morgan fingerprint density at radius 3 is 3.00 bits per heavy atom. The summed E-state index contributed by atoms with van der Waals surface area (Å²) >= 11 is 0. The van der Waals surface area contributed by atoms with E-state index in [-0.39, 0.29) is 18.0 Å². The zero-order valence-corrected chi connectivity index (χ0v) is 7.40. The summed E-state index contributed by atoms with van der Waals surface area (Å²) in [7, 11) is 0. The molecule has 1 rings (SSSR count). The second kappa shape index (κ2) is 4.26. The molecule has 3 N–H and O–H groups in total. The number of aromatic amines is 1. The lowest BCUT2D eigenvalue weighted by Crippen LogP contribution is -2.15. The Hall–Kier alpha value is -2.05. The fourth-order valence-corrected chi connectivity index (χ4v) is 0.813. The average molecular weight is 199 g/mol. The maximum Gasteiger partial charge on any atom is 0.412 e. The molecule has 76 valence electrons. The van der Waals surface area contributed by atoms with E-state index in [4.69, 9.17) is 5.11 Å².